The molecule has 0 aromatic heterocycles. The van der Waals surface area contributed by atoms with Gasteiger partial charge in [0.05, 0.1) is 13.2 Å². The van der Waals surface area contributed by atoms with Gasteiger partial charge in [-0.05, 0) is 12.5 Å². The second kappa shape index (κ2) is 6.62. The highest BCUT2D eigenvalue weighted by molar-refractivity contribution is 5.81. The summed E-state index contributed by atoms with van der Waals surface area (Å²) >= 11 is 0. The summed E-state index contributed by atoms with van der Waals surface area (Å²) in [4.78, 5) is 10.8. The van der Waals surface area contributed by atoms with Crippen LogP contribution in [-0.2, 0) is 14.3 Å². The number of unbranched alkanes of at least 4 members (excludes halogenated alkanes) is 3. The van der Waals surface area contributed by atoms with Crippen molar-refractivity contribution in [2.24, 2.45) is 0 Å². The standard InChI is InChI=1S/C12H20O3/c1-3-4-5-6-7-10-11(15-10)8-9-12(13)14-2/h8-11H,3-7H2,1-2H3/b9-8+/t10-,11+/m0/s1. The average Bonchev–Trinajstić information content (AvgIpc) is 3.00. The summed E-state index contributed by atoms with van der Waals surface area (Å²) in [6.45, 7) is 2.20. The van der Waals surface area contributed by atoms with Crippen LogP contribution in [-0.4, -0.2) is 25.3 Å². The Labute approximate surface area is 91.4 Å². The van der Waals surface area contributed by atoms with Gasteiger partial charge in [-0.25, -0.2) is 4.79 Å². The summed E-state index contributed by atoms with van der Waals surface area (Å²) in [5.74, 6) is -0.310. The first kappa shape index (κ1) is 12.2. The number of esters is 1. The van der Waals surface area contributed by atoms with E-state index in [1.807, 2.05) is 0 Å². The zero-order valence-corrected chi connectivity index (χ0v) is 9.57. The van der Waals surface area contributed by atoms with Crippen LogP contribution in [0.1, 0.15) is 39.0 Å². The van der Waals surface area contributed by atoms with E-state index in [4.69, 9.17) is 4.74 Å². The molecule has 3 nitrogen and oxygen atoms in total. The first-order valence-electron chi connectivity index (χ1n) is 5.69. The molecule has 0 spiro atoms. The number of carbonyl (C=O) groups excluding carboxylic acids is 1. The second-order valence-electron chi connectivity index (χ2n) is 3.87. The highest BCUT2D eigenvalue weighted by Crippen LogP contribution is 2.28. The Morgan fingerprint density at radius 1 is 1.40 bits per heavy atom. The molecule has 86 valence electrons. The molecule has 1 aliphatic rings. The molecule has 0 aromatic carbocycles. The first-order chi connectivity index (χ1) is 7.27. The van der Waals surface area contributed by atoms with Crippen molar-refractivity contribution in [3.05, 3.63) is 12.2 Å². The Balaban J connectivity index is 2.02. The summed E-state index contributed by atoms with van der Waals surface area (Å²) in [6, 6.07) is 0. The van der Waals surface area contributed by atoms with Crippen LogP contribution in [0.5, 0.6) is 0 Å². The van der Waals surface area contributed by atoms with Gasteiger partial charge in [0.1, 0.15) is 6.10 Å². The molecule has 0 unspecified atom stereocenters. The predicted molar refractivity (Wildman–Crippen MR) is 58.6 cm³/mol. The third-order valence-corrected chi connectivity index (χ3v) is 2.59. The smallest absolute Gasteiger partial charge is 0.330 e. The zero-order chi connectivity index (χ0) is 11.1. The summed E-state index contributed by atoms with van der Waals surface area (Å²) in [5, 5.41) is 0. The minimum Gasteiger partial charge on any atom is -0.466 e. The van der Waals surface area contributed by atoms with Gasteiger partial charge >= 0.3 is 5.97 Å². The van der Waals surface area contributed by atoms with Gasteiger partial charge in [-0.15, -0.1) is 0 Å². The van der Waals surface area contributed by atoms with E-state index in [1.54, 1.807) is 6.08 Å². The summed E-state index contributed by atoms with van der Waals surface area (Å²) < 4.78 is 9.89. The molecule has 0 amide bonds. The highest BCUT2D eigenvalue weighted by Gasteiger charge is 2.35. The van der Waals surface area contributed by atoms with Crippen LogP contribution < -0.4 is 0 Å². The number of ether oxygens (including phenoxy) is 2. The van der Waals surface area contributed by atoms with Crippen molar-refractivity contribution in [2.45, 2.75) is 51.2 Å². The lowest BCUT2D eigenvalue weighted by molar-refractivity contribution is -0.134. The maximum absolute atomic E-state index is 10.8. The number of rotatable bonds is 7. The van der Waals surface area contributed by atoms with Gasteiger partial charge in [-0.1, -0.05) is 32.6 Å². The van der Waals surface area contributed by atoms with Crippen LogP contribution >= 0.6 is 0 Å². The van der Waals surface area contributed by atoms with E-state index in [0.717, 1.165) is 6.42 Å². The van der Waals surface area contributed by atoms with Gasteiger partial charge in [-0.2, -0.15) is 0 Å². The van der Waals surface area contributed by atoms with Gasteiger partial charge in [0.15, 0.2) is 0 Å². The van der Waals surface area contributed by atoms with Crippen molar-refractivity contribution in [3.63, 3.8) is 0 Å². The Bertz CT molecular complexity index is 223. The van der Waals surface area contributed by atoms with Crippen LogP contribution in [0.4, 0.5) is 0 Å². The number of hydrogen-bond acceptors (Lipinski definition) is 3. The predicted octanol–water partition coefficient (Wildman–Crippen LogP) is 2.45. The SMILES string of the molecule is CCCCCC[C@@H]1O[C@@H]1/C=C/C(=O)OC. The van der Waals surface area contributed by atoms with Gasteiger partial charge in [0.2, 0.25) is 0 Å². The maximum atomic E-state index is 10.8. The topological polar surface area (TPSA) is 38.8 Å². The summed E-state index contributed by atoms with van der Waals surface area (Å²) in [5.41, 5.74) is 0. The largest absolute Gasteiger partial charge is 0.466 e. The van der Waals surface area contributed by atoms with Gasteiger partial charge in [0.25, 0.3) is 0 Å². The molecule has 1 rings (SSSR count). The Morgan fingerprint density at radius 2 is 2.20 bits per heavy atom. The van der Waals surface area contributed by atoms with Crippen LogP contribution in [0.25, 0.3) is 0 Å². The molecular weight excluding hydrogens is 192 g/mol. The molecule has 15 heavy (non-hydrogen) atoms. The van der Waals surface area contributed by atoms with Crippen molar-refractivity contribution >= 4 is 5.97 Å². The van der Waals surface area contributed by atoms with Crippen LogP contribution in [0.2, 0.25) is 0 Å². The average molecular weight is 212 g/mol. The van der Waals surface area contributed by atoms with Gasteiger partial charge in [0, 0.05) is 6.08 Å². The monoisotopic (exact) mass is 212 g/mol. The molecule has 0 aliphatic carbocycles. The van der Waals surface area contributed by atoms with E-state index < -0.39 is 0 Å². The van der Waals surface area contributed by atoms with E-state index in [0.29, 0.717) is 6.10 Å². The quantitative estimate of drug-likeness (QED) is 0.281. The van der Waals surface area contributed by atoms with Crippen molar-refractivity contribution in [3.8, 4) is 0 Å². The van der Waals surface area contributed by atoms with E-state index in [1.165, 1.54) is 38.9 Å². The van der Waals surface area contributed by atoms with Crippen molar-refractivity contribution < 1.29 is 14.3 Å². The lowest BCUT2D eigenvalue weighted by atomic mass is 10.1. The molecule has 0 N–H and O–H groups in total. The van der Waals surface area contributed by atoms with Crippen molar-refractivity contribution in [2.75, 3.05) is 7.11 Å². The molecule has 0 radical (unpaired) electrons. The molecule has 0 aromatic rings. The molecule has 1 heterocycles. The number of methoxy groups -OCH3 is 1. The molecule has 0 bridgehead atoms. The normalized spacial score (nSPS) is 24.4. The van der Waals surface area contributed by atoms with E-state index in [2.05, 4.69) is 11.7 Å². The Morgan fingerprint density at radius 3 is 2.87 bits per heavy atom. The van der Waals surface area contributed by atoms with E-state index in [9.17, 15) is 4.79 Å². The molecule has 1 aliphatic heterocycles. The maximum Gasteiger partial charge on any atom is 0.330 e. The van der Waals surface area contributed by atoms with Crippen LogP contribution in [0, 0.1) is 0 Å². The zero-order valence-electron chi connectivity index (χ0n) is 9.57. The summed E-state index contributed by atoms with van der Waals surface area (Å²) in [6.07, 6.45) is 9.88. The Hall–Kier alpha value is -0.830. The number of epoxide rings is 1. The molecular formula is C12H20O3. The van der Waals surface area contributed by atoms with Crippen molar-refractivity contribution in [1.29, 1.82) is 0 Å². The number of carbonyl (C=O) groups is 1. The first-order valence-corrected chi connectivity index (χ1v) is 5.69. The highest BCUT2D eigenvalue weighted by atomic mass is 16.6. The minimum atomic E-state index is -0.310. The van der Waals surface area contributed by atoms with E-state index >= 15 is 0 Å². The minimum absolute atomic E-state index is 0.144. The van der Waals surface area contributed by atoms with Crippen molar-refractivity contribution in [1.82, 2.24) is 0 Å². The lowest BCUT2D eigenvalue weighted by Gasteiger charge is -1.94. The van der Waals surface area contributed by atoms with E-state index in [-0.39, 0.29) is 12.1 Å². The molecule has 0 saturated carbocycles. The lowest BCUT2D eigenvalue weighted by Crippen LogP contribution is -1.96. The van der Waals surface area contributed by atoms with Crippen LogP contribution in [0.3, 0.4) is 0 Å². The third-order valence-electron chi connectivity index (χ3n) is 2.59. The third kappa shape index (κ3) is 4.98. The fourth-order valence-corrected chi connectivity index (χ4v) is 1.57. The number of hydrogen-bond donors (Lipinski definition) is 0. The molecule has 2 atom stereocenters. The fourth-order valence-electron chi connectivity index (χ4n) is 1.57. The van der Waals surface area contributed by atoms with Gasteiger partial charge < -0.3 is 9.47 Å². The van der Waals surface area contributed by atoms with Gasteiger partial charge in [-0.3, -0.25) is 0 Å². The summed E-state index contributed by atoms with van der Waals surface area (Å²) in [7, 11) is 1.38. The van der Waals surface area contributed by atoms with Crippen LogP contribution in [0.15, 0.2) is 12.2 Å². The second-order valence-corrected chi connectivity index (χ2v) is 3.87. The molecule has 1 fully saturated rings. The molecule has 1 saturated heterocycles. The fraction of sp³-hybridized carbons (Fsp3) is 0.750. The Kier molecular flexibility index (Phi) is 5.40. The molecule has 3 heteroatoms.